The van der Waals surface area contributed by atoms with Crippen molar-refractivity contribution in [2.75, 3.05) is 19.0 Å². The number of hydrogen-bond acceptors (Lipinski definition) is 2. The van der Waals surface area contributed by atoms with Gasteiger partial charge >= 0.3 is 0 Å². The monoisotopic (exact) mass is 253 g/mol. The predicted molar refractivity (Wildman–Crippen MR) is 66.8 cm³/mol. The number of amides is 1. The van der Waals surface area contributed by atoms with E-state index in [2.05, 4.69) is 0 Å². The molecular formula is C13H16ClNO2. The molecule has 1 unspecified atom stereocenters. The van der Waals surface area contributed by atoms with Crippen LogP contribution >= 0.6 is 11.6 Å². The summed E-state index contributed by atoms with van der Waals surface area (Å²) in [6.45, 7) is 1.02. The number of nitrogens with zero attached hydrogens (tertiary/aromatic N) is 1. The number of aliphatic hydroxyl groups excluding tert-OH is 1. The van der Waals surface area contributed by atoms with E-state index in [0.717, 1.165) is 5.56 Å². The van der Waals surface area contributed by atoms with E-state index in [1.807, 2.05) is 30.3 Å². The molecule has 1 heterocycles. The maximum absolute atomic E-state index is 11.7. The Morgan fingerprint density at radius 1 is 1.41 bits per heavy atom. The fourth-order valence-corrected chi connectivity index (χ4v) is 2.33. The number of rotatable bonds is 4. The van der Waals surface area contributed by atoms with Crippen molar-refractivity contribution < 1.29 is 9.90 Å². The molecule has 0 aromatic heterocycles. The topological polar surface area (TPSA) is 40.5 Å². The van der Waals surface area contributed by atoms with Gasteiger partial charge in [-0.1, -0.05) is 30.3 Å². The fraction of sp³-hybridized carbons (Fsp3) is 0.462. The second kappa shape index (κ2) is 5.52. The molecule has 0 spiro atoms. The van der Waals surface area contributed by atoms with E-state index >= 15 is 0 Å². The van der Waals surface area contributed by atoms with Crippen LogP contribution in [-0.2, 0) is 4.79 Å². The fourth-order valence-electron chi connectivity index (χ4n) is 2.12. The molecule has 0 saturated carbocycles. The van der Waals surface area contributed by atoms with Gasteiger partial charge in [0.05, 0.1) is 12.6 Å². The average molecular weight is 254 g/mol. The van der Waals surface area contributed by atoms with Gasteiger partial charge in [-0.25, -0.2) is 0 Å². The molecule has 0 bridgehead atoms. The first-order chi connectivity index (χ1) is 8.20. The average Bonchev–Trinajstić information content (AvgIpc) is 2.71. The molecule has 1 aliphatic heterocycles. The summed E-state index contributed by atoms with van der Waals surface area (Å²) in [5.74, 6) is 0.821. The van der Waals surface area contributed by atoms with Crippen molar-refractivity contribution in [2.24, 2.45) is 5.92 Å². The lowest BCUT2D eigenvalue weighted by molar-refractivity contribution is -0.128. The number of carbonyl (C=O) groups is 1. The molecule has 3 nitrogen and oxygen atoms in total. The summed E-state index contributed by atoms with van der Waals surface area (Å²) < 4.78 is 0. The second-order valence-electron chi connectivity index (χ2n) is 4.45. The van der Waals surface area contributed by atoms with Gasteiger partial charge in [-0.2, -0.15) is 0 Å². The molecule has 1 N–H and O–H groups in total. The quantitative estimate of drug-likeness (QED) is 0.832. The summed E-state index contributed by atoms with van der Waals surface area (Å²) >= 11 is 5.75. The lowest BCUT2D eigenvalue weighted by atomic mass is 10.1. The molecule has 2 rings (SSSR count). The van der Waals surface area contributed by atoms with Crippen LogP contribution in [0.5, 0.6) is 0 Å². The van der Waals surface area contributed by atoms with E-state index in [1.54, 1.807) is 4.90 Å². The summed E-state index contributed by atoms with van der Waals surface area (Å²) in [5.41, 5.74) is 0.842. The van der Waals surface area contributed by atoms with Crippen LogP contribution in [0.25, 0.3) is 0 Å². The molecule has 17 heavy (non-hydrogen) atoms. The van der Waals surface area contributed by atoms with Crippen LogP contribution in [0.3, 0.4) is 0 Å². The molecule has 1 aliphatic rings. The minimum atomic E-state index is -0.616. The van der Waals surface area contributed by atoms with Gasteiger partial charge in [-0.3, -0.25) is 4.79 Å². The first-order valence-electron chi connectivity index (χ1n) is 5.77. The molecule has 92 valence electrons. The highest BCUT2D eigenvalue weighted by Crippen LogP contribution is 2.22. The first kappa shape index (κ1) is 12.4. The molecule has 1 aromatic rings. The molecule has 0 aliphatic carbocycles. The predicted octanol–water partition coefficient (Wildman–Crippen LogP) is 1.81. The Kier molecular flexibility index (Phi) is 4.02. The molecule has 1 aromatic carbocycles. The van der Waals surface area contributed by atoms with Gasteiger partial charge in [0, 0.05) is 18.8 Å². The number of likely N-dealkylation sites (tertiary alicyclic amines) is 1. The highest BCUT2D eigenvalue weighted by molar-refractivity contribution is 6.18. The number of aliphatic hydroxyl groups is 1. The van der Waals surface area contributed by atoms with Crippen molar-refractivity contribution >= 4 is 17.5 Å². The normalized spacial score (nSPS) is 21.9. The smallest absolute Gasteiger partial charge is 0.223 e. The zero-order chi connectivity index (χ0) is 12.3. The number of halogens is 1. The van der Waals surface area contributed by atoms with Crippen LogP contribution < -0.4 is 0 Å². The van der Waals surface area contributed by atoms with E-state index in [9.17, 15) is 9.90 Å². The molecule has 1 saturated heterocycles. The Morgan fingerprint density at radius 3 is 2.71 bits per heavy atom. The maximum atomic E-state index is 11.7. The minimum Gasteiger partial charge on any atom is -0.387 e. The van der Waals surface area contributed by atoms with E-state index in [0.29, 0.717) is 25.4 Å². The number of carbonyl (C=O) groups excluding carboxylic acids is 1. The van der Waals surface area contributed by atoms with Crippen molar-refractivity contribution in [2.45, 2.75) is 12.5 Å². The molecule has 0 radical (unpaired) electrons. The van der Waals surface area contributed by atoms with Crippen molar-refractivity contribution in [3.8, 4) is 0 Å². The van der Waals surface area contributed by atoms with Gasteiger partial charge < -0.3 is 10.0 Å². The first-order valence-corrected chi connectivity index (χ1v) is 6.31. The highest BCUT2D eigenvalue weighted by atomic mass is 35.5. The van der Waals surface area contributed by atoms with Crippen LogP contribution in [-0.4, -0.2) is 34.9 Å². The van der Waals surface area contributed by atoms with Crippen LogP contribution in [0.4, 0.5) is 0 Å². The summed E-state index contributed by atoms with van der Waals surface area (Å²) in [6, 6.07) is 9.40. The van der Waals surface area contributed by atoms with Gasteiger partial charge in [0.1, 0.15) is 0 Å². The van der Waals surface area contributed by atoms with Crippen molar-refractivity contribution in [3.63, 3.8) is 0 Å². The SMILES string of the molecule is O=C1CC(CCl)CN1C[C@@H](O)c1ccccc1. The molecule has 1 fully saturated rings. The van der Waals surface area contributed by atoms with Crippen LogP contribution in [0.2, 0.25) is 0 Å². The Labute approximate surface area is 106 Å². The zero-order valence-electron chi connectivity index (χ0n) is 9.55. The summed E-state index contributed by atoms with van der Waals surface area (Å²) in [4.78, 5) is 13.4. The van der Waals surface area contributed by atoms with Crippen LogP contribution in [0, 0.1) is 5.92 Å². The third kappa shape index (κ3) is 2.99. The molecule has 1 amide bonds. The summed E-state index contributed by atoms with van der Waals surface area (Å²) in [5, 5.41) is 10.0. The van der Waals surface area contributed by atoms with E-state index < -0.39 is 6.10 Å². The minimum absolute atomic E-state index is 0.0885. The summed E-state index contributed by atoms with van der Waals surface area (Å²) in [7, 11) is 0. The Hall–Kier alpha value is -1.06. The van der Waals surface area contributed by atoms with Crippen LogP contribution in [0.1, 0.15) is 18.1 Å². The number of hydrogen-bond donors (Lipinski definition) is 1. The Morgan fingerprint density at radius 2 is 2.12 bits per heavy atom. The Balaban J connectivity index is 1.95. The largest absolute Gasteiger partial charge is 0.387 e. The van der Waals surface area contributed by atoms with Gasteiger partial charge in [-0.05, 0) is 11.5 Å². The molecular weight excluding hydrogens is 238 g/mol. The second-order valence-corrected chi connectivity index (χ2v) is 4.76. The van der Waals surface area contributed by atoms with Crippen molar-refractivity contribution in [3.05, 3.63) is 35.9 Å². The number of β-amino-alcohol motifs (C(OH)–C–C–N with tert-alkyl or cyclic N) is 1. The summed E-state index contributed by atoms with van der Waals surface area (Å²) in [6.07, 6.45) is -0.111. The van der Waals surface area contributed by atoms with E-state index in [1.165, 1.54) is 0 Å². The van der Waals surface area contributed by atoms with Gasteiger partial charge in [0.2, 0.25) is 5.91 Å². The number of benzene rings is 1. The van der Waals surface area contributed by atoms with Crippen molar-refractivity contribution in [1.29, 1.82) is 0 Å². The molecule has 4 heteroatoms. The van der Waals surface area contributed by atoms with Crippen LogP contribution in [0.15, 0.2) is 30.3 Å². The third-order valence-electron chi connectivity index (χ3n) is 3.09. The van der Waals surface area contributed by atoms with Gasteiger partial charge in [-0.15, -0.1) is 11.6 Å². The van der Waals surface area contributed by atoms with Crippen molar-refractivity contribution in [1.82, 2.24) is 4.90 Å². The zero-order valence-corrected chi connectivity index (χ0v) is 10.3. The third-order valence-corrected chi connectivity index (χ3v) is 3.53. The lowest BCUT2D eigenvalue weighted by Gasteiger charge is -2.20. The number of alkyl halides is 1. The van der Waals surface area contributed by atoms with Gasteiger partial charge in [0.15, 0.2) is 0 Å². The lowest BCUT2D eigenvalue weighted by Crippen LogP contribution is -2.30. The Bertz CT molecular complexity index is 382. The highest BCUT2D eigenvalue weighted by Gasteiger charge is 2.30. The van der Waals surface area contributed by atoms with E-state index in [-0.39, 0.29) is 11.8 Å². The standard InChI is InChI=1S/C13H16ClNO2/c14-7-10-6-13(17)15(8-10)9-12(16)11-4-2-1-3-5-11/h1-5,10,12,16H,6-9H2/t10?,12-/m1/s1. The maximum Gasteiger partial charge on any atom is 0.223 e. The van der Waals surface area contributed by atoms with E-state index in [4.69, 9.17) is 11.6 Å². The van der Waals surface area contributed by atoms with Gasteiger partial charge in [0.25, 0.3) is 0 Å². The molecule has 2 atom stereocenters.